The molecule has 1 aromatic carbocycles. The second-order valence-electron chi connectivity index (χ2n) is 7.73. The smallest absolute Gasteiger partial charge is 0.410 e. The summed E-state index contributed by atoms with van der Waals surface area (Å²) in [4.78, 5) is 14.3. The zero-order chi connectivity index (χ0) is 17.2. The fourth-order valence-corrected chi connectivity index (χ4v) is 3.47. The van der Waals surface area contributed by atoms with Gasteiger partial charge >= 0.3 is 6.09 Å². The molecule has 0 N–H and O–H groups in total. The van der Waals surface area contributed by atoms with E-state index in [-0.39, 0.29) is 6.09 Å². The Morgan fingerprint density at radius 3 is 2.26 bits per heavy atom. The molecule has 1 aliphatic rings. The Bertz CT molecular complexity index is 567. The van der Waals surface area contributed by atoms with E-state index in [4.69, 9.17) is 4.74 Å². The first-order valence-corrected chi connectivity index (χ1v) is 8.64. The van der Waals surface area contributed by atoms with Gasteiger partial charge < -0.3 is 9.64 Å². The minimum atomic E-state index is -0.206. The summed E-state index contributed by atoms with van der Waals surface area (Å²) < 4.78 is 6.53. The lowest BCUT2D eigenvalue weighted by Gasteiger charge is -2.31. The molecule has 1 saturated heterocycles. The van der Waals surface area contributed by atoms with Crippen LogP contribution in [0.4, 0.5) is 10.5 Å². The lowest BCUT2D eigenvalue weighted by molar-refractivity contribution is 0.142. The molecule has 0 aliphatic carbocycles. The van der Waals surface area contributed by atoms with Crippen molar-refractivity contribution in [1.82, 2.24) is 9.38 Å². The number of hydrogen-bond donors (Lipinski definition) is 0. The molecule has 4 nitrogen and oxygen atoms in total. The van der Waals surface area contributed by atoms with Crippen LogP contribution < -0.4 is 9.22 Å². The van der Waals surface area contributed by atoms with Crippen molar-refractivity contribution in [1.29, 1.82) is 0 Å². The van der Waals surface area contributed by atoms with E-state index < -0.39 is 0 Å². The molecule has 0 bridgehead atoms. The van der Waals surface area contributed by atoms with Crippen molar-refractivity contribution < 1.29 is 9.53 Å². The molecule has 4 heteroatoms. The Kier molecular flexibility index (Phi) is 5.35. The van der Waals surface area contributed by atoms with Crippen LogP contribution in [0.5, 0.6) is 5.75 Å². The van der Waals surface area contributed by atoms with E-state index in [1.54, 1.807) is 0 Å². The van der Waals surface area contributed by atoms with Crippen LogP contribution in [0.1, 0.15) is 50.2 Å². The van der Waals surface area contributed by atoms with Crippen molar-refractivity contribution in [2.24, 2.45) is 0 Å². The maximum absolute atomic E-state index is 12.5. The lowest BCUT2D eigenvalue weighted by Crippen LogP contribution is -2.39. The number of carbonyl (C=O) groups excluding carboxylic acids is 1. The van der Waals surface area contributed by atoms with Crippen molar-refractivity contribution >= 4 is 11.8 Å². The van der Waals surface area contributed by atoms with Crippen LogP contribution in [0.25, 0.3) is 0 Å². The third kappa shape index (κ3) is 4.05. The van der Waals surface area contributed by atoms with Crippen molar-refractivity contribution in [3.8, 4) is 5.75 Å². The fourth-order valence-electron chi connectivity index (χ4n) is 3.47. The molecule has 23 heavy (non-hydrogen) atoms. The van der Waals surface area contributed by atoms with E-state index in [9.17, 15) is 4.79 Å². The number of benzene rings is 1. The Morgan fingerprint density at radius 1 is 1.13 bits per heavy atom. The highest BCUT2D eigenvalue weighted by Crippen LogP contribution is 2.39. The molecule has 1 amide bonds. The molecule has 128 valence electrons. The number of hydrogen-bond acceptors (Lipinski definition) is 2. The highest BCUT2D eigenvalue weighted by atomic mass is 16.6. The van der Waals surface area contributed by atoms with Crippen LogP contribution in [0.2, 0.25) is 0 Å². The topological polar surface area (TPSA) is 29.5 Å². The Labute approximate surface area is 140 Å². The van der Waals surface area contributed by atoms with Crippen molar-refractivity contribution in [2.45, 2.75) is 46.0 Å². The SMILES string of the molecule is Cc1ccc(OC(=O)N2CCCCC2)c(C(C)C)c1[N+](C)(C)C. The van der Waals surface area contributed by atoms with Gasteiger partial charge in [-0.15, -0.1) is 0 Å². The van der Waals surface area contributed by atoms with Gasteiger partial charge in [0.25, 0.3) is 0 Å². The minimum absolute atomic E-state index is 0.206. The molecular weight excluding hydrogens is 288 g/mol. The third-order valence-electron chi connectivity index (χ3n) is 4.44. The number of piperidine rings is 1. The monoisotopic (exact) mass is 319 g/mol. The van der Waals surface area contributed by atoms with Crippen molar-refractivity contribution in [3.05, 3.63) is 23.3 Å². The second kappa shape index (κ2) is 6.91. The van der Waals surface area contributed by atoms with Crippen LogP contribution in [0.3, 0.4) is 0 Å². The van der Waals surface area contributed by atoms with Crippen LogP contribution in [0.15, 0.2) is 12.1 Å². The summed E-state index contributed by atoms with van der Waals surface area (Å²) in [6, 6.07) is 4.01. The van der Waals surface area contributed by atoms with E-state index in [2.05, 4.69) is 48.0 Å². The van der Waals surface area contributed by atoms with Crippen LogP contribution in [-0.4, -0.2) is 45.2 Å². The number of carbonyl (C=O) groups is 1. The van der Waals surface area contributed by atoms with E-state index >= 15 is 0 Å². The Balaban J connectivity index is 2.36. The first-order valence-electron chi connectivity index (χ1n) is 8.64. The van der Waals surface area contributed by atoms with E-state index in [1.807, 2.05) is 11.0 Å². The molecule has 0 unspecified atom stereocenters. The van der Waals surface area contributed by atoms with Gasteiger partial charge in [0.1, 0.15) is 11.4 Å². The van der Waals surface area contributed by atoms with Gasteiger partial charge in [-0.05, 0) is 44.2 Å². The third-order valence-corrected chi connectivity index (χ3v) is 4.44. The molecule has 0 aromatic heterocycles. The molecule has 1 aliphatic heterocycles. The number of ether oxygens (including phenoxy) is 1. The molecule has 0 atom stereocenters. The molecule has 0 saturated carbocycles. The van der Waals surface area contributed by atoms with Crippen molar-refractivity contribution in [3.63, 3.8) is 0 Å². The number of nitrogens with zero attached hydrogens (tertiary/aromatic N) is 2. The second-order valence-corrected chi connectivity index (χ2v) is 7.73. The van der Waals surface area contributed by atoms with Gasteiger partial charge in [-0.2, -0.15) is 0 Å². The van der Waals surface area contributed by atoms with E-state index in [1.165, 1.54) is 17.7 Å². The minimum Gasteiger partial charge on any atom is -0.410 e. The maximum atomic E-state index is 12.5. The first kappa shape index (κ1) is 17.8. The molecule has 0 radical (unpaired) electrons. The van der Waals surface area contributed by atoms with Crippen molar-refractivity contribution in [2.75, 3.05) is 34.2 Å². The van der Waals surface area contributed by atoms with Gasteiger partial charge in [-0.1, -0.05) is 13.8 Å². The summed E-state index contributed by atoms with van der Waals surface area (Å²) in [6.07, 6.45) is 3.15. The zero-order valence-corrected chi connectivity index (χ0v) is 15.5. The lowest BCUT2D eigenvalue weighted by atomic mass is 9.95. The van der Waals surface area contributed by atoms with E-state index in [0.717, 1.165) is 31.5 Å². The summed E-state index contributed by atoms with van der Waals surface area (Å²) in [6.45, 7) is 8.06. The number of amides is 1. The summed E-state index contributed by atoms with van der Waals surface area (Å²) in [5.74, 6) is 1.01. The average Bonchev–Trinajstić information content (AvgIpc) is 2.48. The van der Waals surface area contributed by atoms with Crippen LogP contribution in [0, 0.1) is 6.92 Å². The average molecular weight is 319 g/mol. The van der Waals surface area contributed by atoms with Gasteiger partial charge in [0, 0.05) is 18.7 Å². The van der Waals surface area contributed by atoms with Gasteiger partial charge in [-0.25, -0.2) is 4.79 Å². The number of likely N-dealkylation sites (tertiary alicyclic amines) is 1. The number of quaternary nitrogens is 1. The van der Waals surface area contributed by atoms with Gasteiger partial charge in [0.2, 0.25) is 0 Å². The Hall–Kier alpha value is -1.55. The largest absolute Gasteiger partial charge is 0.415 e. The summed E-state index contributed by atoms with van der Waals surface area (Å²) >= 11 is 0. The normalized spacial score (nSPS) is 15.9. The number of rotatable bonds is 3. The fraction of sp³-hybridized carbons (Fsp3) is 0.632. The molecule has 2 rings (SSSR count). The Morgan fingerprint density at radius 2 is 1.74 bits per heavy atom. The highest BCUT2D eigenvalue weighted by Gasteiger charge is 2.28. The van der Waals surface area contributed by atoms with E-state index in [0.29, 0.717) is 16.2 Å². The van der Waals surface area contributed by atoms with Gasteiger partial charge in [-0.3, -0.25) is 4.48 Å². The standard InChI is InChI=1S/C19H31N2O2/c1-14(2)17-16(11-10-15(3)18(17)21(4,5)6)23-19(22)20-12-8-7-9-13-20/h10-11,14H,7-9,12-13H2,1-6H3/q+1. The predicted octanol–water partition coefficient (Wildman–Crippen LogP) is 4.30. The molecule has 1 heterocycles. The molecule has 1 fully saturated rings. The van der Waals surface area contributed by atoms with Crippen LogP contribution in [-0.2, 0) is 0 Å². The quantitative estimate of drug-likeness (QED) is 0.777. The molecule has 0 spiro atoms. The summed E-state index contributed by atoms with van der Waals surface area (Å²) in [7, 11) is 6.47. The van der Waals surface area contributed by atoms with Gasteiger partial charge in [0.15, 0.2) is 0 Å². The number of aryl methyl sites for hydroxylation is 1. The maximum Gasteiger partial charge on any atom is 0.415 e. The molecule has 1 aromatic rings. The molecular formula is C19H31N2O2+. The zero-order valence-electron chi connectivity index (χ0n) is 15.5. The summed E-state index contributed by atoms with van der Waals surface area (Å²) in [5, 5.41) is 0. The highest BCUT2D eigenvalue weighted by molar-refractivity contribution is 5.73. The first-order chi connectivity index (χ1) is 10.7. The van der Waals surface area contributed by atoms with Crippen LogP contribution >= 0.6 is 0 Å². The van der Waals surface area contributed by atoms with Gasteiger partial charge in [0.05, 0.1) is 26.7 Å². The summed E-state index contributed by atoms with van der Waals surface area (Å²) in [5.41, 5.74) is 3.62. The predicted molar refractivity (Wildman–Crippen MR) is 96.3 cm³/mol.